The number of carbonyl (C=O) groups is 2. The van der Waals surface area contributed by atoms with Gasteiger partial charge < -0.3 is 39.5 Å². The number of ketones is 2. The summed E-state index contributed by atoms with van der Waals surface area (Å²) in [6, 6.07) is 14.1. The number of carbonyl (C=O) groups excluding carboxylic acids is 2. The summed E-state index contributed by atoms with van der Waals surface area (Å²) in [5.41, 5.74) is 3.18. The number of anilines is 5. The Hall–Kier alpha value is -6.36. The minimum atomic E-state index is -0.419. The van der Waals surface area contributed by atoms with Gasteiger partial charge in [-0.25, -0.2) is 15.0 Å². The Morgan fingerprint density at radius 1 is 0.806 bits per heavy atom. The Morgan fingerprint density at radius 3 is 2.05 bits per heavy atom. The smallest absolute Gasteiger partial charge is 0.293 e. The molecule has 1 aliphatic heterocycles. The molecule has 0 bridgehead atoms. The van der Waals surface area contributed by atoms with Crippen LogP contribution in [0, 0.1) is 0 Å². The number of nitrogens with zero attached hydrogens (tertiary/aromatic N) is 7. The maximum Gasteiger partial charge on any atom is 0.293 e. The van der Waals surface area contributed by atoms with E-state index in [1.807, 2.05) is 23.1 Å². The van der Waals surface area contributed by atoms with Crippen LogP contribution in [0.25, 0.3) is 27.4 Å². The van der Waals surface area contributed by atoms with Crippen molar-refractivity contribution in [2.24, 2.45) is 14.1 Å². The second-order valence-corrected chi connectivity index (χ2v) is 16.1. The summed E-state index contributed by atoms with van der Waals surface area (Å²) in [4.78, 5) is 72.1. The standard InChI is InChI=1S/C44H44Cl2N10O6/c1-25(57)23-61-36-19-28-18-30(10-12-35(28)54(2)42(36)59)50-41-38(46)33(51-44(53-41)56-15-13-47-14-16-56)21-31(58)24-62-37-20-27-17-29(9-11-34(27)55(3)43(37)60)49-40-32(45)22-48-39(52-40)26-7-5-4-6-8-26/h7,9-12,17-20,22,47H,4-6,8,13-16,21,23-24H2,1-3H3,(H,48,49,52)(H,50,51,53). The molecule has 0 amide bonds. The molecule has 2 aliphatic rings. The van der Waals surface area contributed by atoms with Crippen molar-refractivity contribution >= 4 is 91.1 Å². The average molecular weight is 880 g/mol. The monoisotopic (exact) mass is 878 g/mol. The summed E-state index contributed by atoms with van der Waals surface area (Å²) in [5.74, 6) is 1.24. The Kier molecular flexibility index (Phi) is 12.5. The van der Waals surface area contributed by atoms with Crippen LogP contribution in [0.15, 0.2) is 70.4 Å². The minimum Gasteiger partial charge on any atom is -0.480 e. The number of Topliss-reactive ketones (excluding diaryl/α,β-unsaturated/α-hetero) is 2. The van der Waals surface area contributed by atoms with Gasteiger partial charge in [0.25, 0.3) is 11.1 Å². The predicted octanol–water partition coefficient (Wildman–Crippen LogP) is 6.29. The van der Waals surface area contributed by atoms with Crippen molar-refractivity contribution in [3.63, 3.8) is 0 Å². The van der Waals surface area contributed by atoms with Crippen LogP contribution in [-0.2, 0) is 30.1 Å². The van der Waals surface area contributed by atoms with E-state index in [0.717, 1.165) is 44.3 Å². The molecule has 3 N–H and O–H groups in total. The van der Waals surface area contributed by atoms with Gasteiger partial charge in [0, 0.05) is 62.4 Å². The number of pyridine rings is 2. The molecule has 0 radical (unpaired) electrons. The van der Waals surface area contributed by atoms with Gasteiger partial charge in [-0.05, 0) is 86.7 Å². The van der Waals surface area contributed by atoms with Crippen LogP contribution in [0.5, 0.6) is 11.5 Å². The van der Waals surface area contributed by atoms with Crippen molar-refractivity contribution in [2.45, 2.75) is 39.0 Å². The highest BCUT2D eigenvalue weighted by Crippen LogP contribution is 2.32. The highest BCUT2D eigenvalue weighted by molar-refractivity contribution is 6.34. The Balaban J connectivity index is 1.02. The molecule has 5 heterocycles. The van der Waals surface area contributed by atoms with E-state index in [1.165, 1.54) is 16.1 Å². The van der Waals surface area contributed by atoms with E-state index in [0.29, 0.717) is 68.9 Å². The number of fused-ring (bicyclic) bond motifs is 2. The van der Waals surface area contributed by atoms with Gasteiger partial charge in [-0.1, -0.05) is 29.3 Å². The van der Waals surface area contributed by atoms with Gasteiger partial charge in [0.1, 0.15) is 23.3 Å². The molecule has 62 heavy (non-hydrogen) atoms. The van der Waals surface area contributed by atoms with E-state index in [-0.39, 0.29) is 58.2 Å². The first-order valence-corrected chi connectivity index (χ1v) is 21.0. The molecule has 1 fully saturated rings. The molecule has 0 spiro atoms. The highest BCUT2D eigenvalue weighted by atomic mass is 35.5. The lowest BCUT2D eigenvalue weighted by Gasteiger charge is -2.28. The fourth-order valence-electron chi connectivity index (χ4n) is 7.46. The second kappa shape index (κ2) is 18.3. The third-order valence-electron chi connectivity index (χ3n) is 10.7. The number of allylic oxidation sites excluding steroid dienone is 2. The SMILES string of the molecule is CC(=O)COc1cc2cc(Nc3nc(N4CCNCC4)nc(CC(=O)COc4cc5cc(Nc6nc(C7=CCCCC7)ncc6Cl)ccc5n(C)c4=O)c3Cl)ccc2n(C)c1=O. The summed E-state index contributed by atoms with van der Waals surface area (Å²) in [5, 5.41) is 11.7. The molecule has 1 aliphatic carbocycles. The predicted molar refractivity (Wildman–Crippen MR) is 241 cm³/mol. The quantitative estimate of drug-likeness (QED) is 0.111. The molecular weight excluding hydrogens is 835 g/mol. The zero-order valence-corrected chi connectivity index (χ0v) is 35.9. The van der Waals surface area contributed by atoms with Crippen LogP contribution in [0.3, 0.4) is 0 Å². The minimum absolute atomic E-state index is 0.00149. The summed E-state index contributed by atoms with van der Waals surface area (Å²) in [7, 11) is 3.27. The largest absolute Gasteiger partial charge is 0.480 e. The van der Waals surface area contributed by atoms with Crippen LogP contribution < -0.4 is 41.4 Å². The number of aryl methyl sites for hydroxylation is 2. The van der Waals surface area contributed by atoms with Crippen LogP contribution in [-0.4, -0.2) is 80.0 Å². The van der Waals surface area contributed by atoms with Crippen LogP contribution in [0.1, 0.15) is 44.1 Å². The molecule has 4 aromatic heterocycles. The first-order valence-electron chi connectivity index (χ1n) is 20.2. The zero-order valence-electron chi connectivity index (χ0n) is 34.4. The molecule has 16 nitrogen and oxygen atoms in total. The molecule has 2 aromatic carbocycles. The van der Waals surface area contributed by atoms with Gasteiger partial charge in [-0.2, -0.15) is 4.98 Å². The zero-order chi connectivity index (χ0) is 43.5. The number of rotatable bonds is 14. The topological polar surface area (TPSA) is 187 Å². The number of benzene rings is 2. The lowest BCUT2D eigenvalue weighted by molar-refractivity contribution is -0.120. The number of piperazine rings is 1. The van der Waals surface area contributed by atoms with Gasteiger partial charge in [0.05, 0.1) is 29.3 Å². The van der Waals surface area contributed by atoms with Crippen molar-refractivity contribution in [1.29, 1.82) is 0 Å². The molecule has 18 heteroatoms. The Morgan fingerprint density at radius 2 is 1.44 bits per heavy atom. The van der Waals surface area contributed by atoms with Crippen molar-refractivity contribution in [3.8, 4) is 11.5 Å². The molecular formula is C44H44Cl2N10O6. The maximum absolute atomic E-state index is 13.6. The molecule has 6 aromatic rings. The third-order valence-corrected chi connectivity index (χ3v) is 11.4. The molecule has 8 rings (SSSR count). The second-order valence-electron chi connectivity index (χ2n) is 15.3. The molecule has 0 saturated carbocycles. The first-order chi connectivity index (χ1) is 29.9. The average Bonchev–Trinajstić information content (AvgIpc) is 3.27. The van der Waals surface area contributed by atoms with Gasteiger partial charge in [0.2, 0.25) is 5.95 Å². The number of hydrogen-bond acceptors (Lipinski definition) is 14. The van der Waals surface area contributed by atoms with Crippen molar-refractivity contribution in [1.82, 2.24) is 34.4 Å². The van der Waals surface area contributed by atoms with Gasteiger partial charge in [-0.15, -0.1) is 0 Å². The van der Waals surface area contributed by atoms with Gasteiger partial charge >= 0.3 is 0 Å². The Labute approximate surface area is 365 Å². The van der Waals surface area contributed by atoms with Gasteiger partial charge in [0.15, 0.2) is 40.5 Å². The van der Waals surface area contributed by atoms with E-state index < -0.39 is 12.2 Å². The van der Waals surface area contributed by atoms with E-state index in [4.69, 9.17) is 47.6 Å². The van der Waals surface area contributed by atoms with E-state index in [9.17, 15) is 19.2 Å². The van der Waals surface area contributed by atoms with Crippen molar-refractivity contribution in [3.05, 3.63) is 103 Å². The maximum atomic E-state index is 13.6. The summed E-state index contributed by atoms with van der Waals surface area (Å²) in [6.07, 6.45) is 7.72. The number of ether oxygens (including phenoxy) is 2. The number of nitrogens with one attached hydrogen (secondary N) is 3. The summed E-state index contributed by atoms with van der Waals surface area (Å²) < 4.78 is 14.3. The summed E-state index contributed by atoms with van der Waals surface area (Å²) >= 11 is 13.5. The van der Waals surface area contributed by atoms with Crippen LogP contribution in [0.2, 0.25) is 10.0 Å². The first kappa shape index (κ1) is 42.3. The molecule has 1 saturated heterocycles. The fourth-order valence-corrected chi connectivity index (χ4v) is 7.79. The molecule has 0 unspecified atom stereocenters. The Bertz CT molecular complexity index is 2890. The lowest BCUT2D eigenvalue weighted by Crippen LogP contribution is -2.44. The van der Waals surface area contributed by atoms with E-state index in [1.54, 1.807) is 50.6 Å². The van der Waals surface area contributed by atoms with Crippen LogP contribution in [0.4, 0.5) is 29.0 Å². The fraction of sp³-hybridized carbons (Fsp3) is 0.318. The number of aromatic nitrogens is 6. The molecule has 320 valence electrons. The number of halogens is 2. The normalized spacial score (nSPS) is 14.1. The molecule has 0 atom stereocenters. The van der Waals surface area contributed by atoms with E-state index in [2.05, 4.69) is 27.0 Å². The van der Waals surface area contributed by atoms with E-state index >= 15 is 0 Å². The van der Waals surface area contributed by atoms with Gasteiger partial charge in [-0.3, -0.25) is 19.2 Å². The van der Waals surface area contributed by atoms with Crippen molar-refractivity contribution in [2.75, 3.05) is 54.9 Å². The lowest BCUT2D eigenvalue weighted by atomic mass is 9.99. The van der Waals surface area contributed by atoms with Crippen LogP contribution >= 0.6 is 23.2 Å². The highest BCUT2D eigenvalue weighted by Gasteiger charge is 2.22. The number of hydrogen-bond donors (Lipinski definition) is 3. The van der Waals surface area contributed by atoms with Crippen molar-refractivity contribution < 1.29 is 19.1 Å². The third kappa shape index (κ3) is 9.27. The summed E-state index contributed by atoms with van der Waals surface area (Å²) in [6.45, 7) is 3.46.